The summed E-state index contributed by atoms with van der Waals surface area (Å²) in [6, 6.07) is 2.09. The third kappa shape index (κ3) is 3.49. The fourth-order valence-electron chi connectivity index (χ4n) is 1.60. The van der Waals surface area contributed by atoms with Crippen LogP contribution >= 0.6 is 0 Å². The second kappa shape index (κ2) is 4.83. The van der Waals surface area contributed by atoms with Gasteiger partial charge in [0.15, 0.2) is 0 Å². The maximum Gasteiger partial charge on any atom is 0.218 e. The average molecular weight is 222 g/mol. The molecule has 3 nitrogen and oxygen atoms in total. The quantitative estimate of drug-likeness (QED) is 0.853. The van der Waals surface area contributed by atoms with Crippen LogP contribution in [0.1, 0.15) is 37.6 Å². The minimum Gasteiger partial charge on any atom is -0.472 e. The maximum atomic E-state index is 5.90. The van der Waals surface area contributed by atoms with Crippen LogP contribution in [0.15, 0.2) is 6.07 Å². The molecule has 0 spiro atoms. The summed E-state index contributed by atoms with van der Waals surface area (Å²) in [6.45, 7) is 11.0. The summed E-state index contributed by atoms with van der Waals surface area (Å²) in [7, 11) is 1.93. The standard InChI is InChI=1S/C13H22N2O/c1-9-7-10(2)15-12(11(9)8-14-6)16-13(3,4)5/h7,14H,8H2,1-6H3. The molecule has 0 fully saturated rings. The molecule has 0 aliphatic rings. The lowest BCUT2D eigenvalue weighted by Gasteiger charge is -2.23. The molecule has 1 aromatic heterocycles. The first kappa shape index (κ1) is 13.0. The SMILES string of the molecule is CNCc1c(C)cc(C)nc1OC(C)(C)C. The number of nitrogens with zero attached hydrogens (tertiary/aromatic N) is 1. The largest absolute Gasteiger partial charge is 0.472 e. The summed E-state index contributed by atoms with van der Waals surface area (Å²) in [5.74, 6) is 0.749. The van der Waals surface area contributed by atoms with E-state index in [1.54, 1.807) is 0 Å². The molecular formula is C13H22N2O. The van der Waals surface area contributed by atoms with Gasteiger partial charge in [0.2, 0.25) is 5.88 Å². The first-order valence-electron chi connectivity index (χ1n) is 5.64. The second-order valence-electron chi connectivity index (χ2n) is 5.11. The smallest absolute Gasteiger partial charge is 0.218 e. The Hall–Kier alpha value is -1.09. The monoisotopic (exact) mass is 222 g/mol. The molecule has 0 atom stereocenters. The molecule has 1 N–H and O–H groups in total. The molecule has 0 saturated carbocycles. The van der Waals surface area contributed by atoms with Crippen molar-refractivity contribution in [1.29, 1.82) is 0 Å². The van der Waals surface area contributed by atoms with Crippen LogP contribution in [0.4, 0.5) is 0 Å². The summed E-state index contributed by atoms with van der Waals surface area (Å²) < 4.78 is 5.90. The number of ether oxygens (including phenoxy) is 1. The van der Waals surface area contributed by atoms with Crippen molar-refractivity contribution in [3.8, 4) is 5.88 Å². The molecule has 0 aromatic carbocycles. The van der Waals surface area contributed by atoms with Gasteiger partial charge in [-0.05, 0) is 53.3 Å². The second-order valence-corrected chi connectivity index (χ2v) is 5.11. The van der Waals surface area contributed by atoms with Crippen molar-refractivity contribution in [3.05, 3.63) is 22.9 Å². The van der Waals surface area contributed by atoms with Crippen LogP contribution in [0.2, 0.25) is 0 Å². The van der Waals surface area contributed by atoms with Crippen LogP contribution < -0.4 is 10.1 Å². The highest BCUT2D eigenvalue weighted by molar-refractivity contribution is 5.36. The van der Waals surface area contributed by atoms with E-state index in [-0.39, 0.29) is 5.60 Å². The van der Waals surface area contributed by atoms with E-state index in [1.807, 2.05) is 34.7 Å². The highest BCUT2D eigenvalue weighted by Crippen LogP contribution is 2.24. The van der Waals surface area contributed by atoms with Crippen molar-refractivity contribution in [2.24, 2.45) is 0 Å². The molecule has 0 amide bonds. The summed E-state index contributed by atoms with van der Waals surface area (Å²) in [4.78, 5) is 4.48. The lowest BCUT2D eigenvalue weighted by Crippen LogP contribution is -2.25. The topological polar surface area (TPSA) is 34.2 Å². The first-order valence-corrected chi connectivity index (χ1v) is 5.64. The van der Waals surface area contributed by atoms with Crippen LogP contribution in [-0.2, 0) is 6.54 Å². The fourth-order valence-corrected chi connectivity index (χ4v) is 1.60. The van der Waals surface area contributed by atoms with Crippen molar-refractivity contribution in [1.82, 2.24) is 10.3 Å². The van der Waals surface area contributed by atoms with E-state index in [0.717, 1.165) is 23.7 Å². The molecule has 0 aliphatic carbocycles. The fraction of sp³-hybridized carbons (Fsp3) is 0.615. The highest BCUT2D eigenvalue weighted by atomic mass is 16.5. The van der Waals surface area contributed by atoms with Crippen LogP contribution in [0.5, 0.6) is 5.88 Å². The van der Waals surface area contributed by atoms with Crippen LogP contribution in [0.3, 0.4) is 0 Å². The van der Waals surface area contributed by atoms with Crippen molar-refractivity contribution < 1.29 is 4.74 Å². The zero-order chi connectivity index (χ0) is 12.3. The van der Waals surface area contributed by atoms with Crippen LogP contribution in [-0.4, -0.2) is 17.6 Å². The van der Waals surface area contributed by atoms with Gasteiger partial charge in [-0.3, -0.25) is 0 Å². The maximum absolute atomic E-state index is 5.90. The van der Waals surface area contributed by atoms with E-state index in [0.29, 0.717) is 0 Å². The van der Waals surface area contributed by atoms with Crippen LogP contribution in [0.25, 0.3) is 0 Å². The molecule has 1 aromatic rings. The van der Waals surface area contributed by atoms with Gasteiger partial charge in [0.05, 0.1) is 0 Å². The molecule has 16 heavy (non-hydrogen) atoms. The Labute approximate surface area is 98.2 Å². The van der Waals surface area contributed by atoms with Gasteiger partial charge in [-0.2, -0.15) is 0 Å². The number of aromatic nitrogens is 1. The third-order valence-corrected chi connectivity index (χ3v) is 2.19. The third-order valence-electron chi connectivity index (χ3n) is 2.19. The number of nitrogens with one attached hydrogen (secondary N) is 1. The molecule has 0 saturated heterocycles. The van der Waals surface area contributed by atoms with Crippen LogP contribution in [0, 0.1) is 13.8 Å². The molecule has 90 valence electrons. The molecule has 1 rings (SSSR count). The van der Waals surface area contributed by atoms with Crippen molar-refractivity contribution in [2.45, 2.75) is 46.8 Å². The van der Waals surface area contributed by atoms with E-state index < -0.39 is 0 Å². The number of pyridine rings is 1. The van der Waals surface area contributed by atoms with Gasteiger partial charge in [-0.1, -0.05) is 0 Å². The molecule has 0 bridgehead atoms. The molecule has 0 aliphatic heterocycles. The van der Waals surface area contributed by atoms with Gasteiger partial charge in [0.1, 0.15) is 5.60 Å². The van der Waals surface area contributed by atoms with E-state index >= 15 is 0 Å². The van der Waals surface area contributed by atoms with E-state index in [1.165, 1.54) is 5.56 Å². The molecular weight excluding hydrogens is 200 g/mol. The van der Waals surface area contributed by atoms with E-state index in [4.69, 9.17) is 4.74 Å². The summed E-state index contributed by atoms with van der Waals surface area (Å²) in [5, 5.41) is 3.15. The number of hydrogen-bond donors (Lipinski definition) is 1. The molecule has 0 radical (unpaired) electrons. The zero-order valence-corrected chi connectivity index (χ0v) is 11.1. The Kier molecular flexibility index (Phi) is 3.92. The minimum atomic E-state index is -0.213. The molecule has 0 unspecified atom stereocenters. The number of rotatable bonds is 3. The predicted molar refractivity (Wildman–Crippen MR) is 66.9 cm³/mol. The van der Waals surface area contributed by atoms with Gasteiger partial charge in [0, 0.05) is 17.8 Å². The van der Waals surface area contributed by atoms with Gasteiger partial charge in [-0.15, -0.1) is 0 Å². The Morgan fingerprint density at radius 1 is 1.31 bits per heavy atom. The van der Waals surface area contributed by atoms with Gasteiger partial charge < -0.3 is 10.1 Å². The van der Waals surface area contributed by atoms with E-state index in [9.17, 15) is 0 Å². The predicted octanol–water partition coefficient (Wildman–Crippen LogP) is 2.60. The Morgan fingerprint density at radius 3 is 2.44 bits per heavy atom. The summed E-state index contributed by atoms with van der Waals surface area (Å²) >= 11 is 0. The van der Waals surface area contributed by atoms with Crippen molar-refractivity contribution in [2.75, 3.05) is 7.05 Å². The highest BCUT2D eigenvalue weighted by Gasteiger charge is 2.17. The Balaban J connectivity index is 3.13. The van der Waals surface area contributed by atoms with Crippen molar-refractivity contribution in [3.63, 3.8) is 0 Å². The molecule has 1 heterocycles. The average Bonchev–Trinajstić information content (AvgIpc) is 2.08. The first-order chi connectivity index (χ1) is 7.33. The van der Waals surface area contributed by atoms with Crippen molar-refractivity contribution >= 4 is 0 Å². The van der Waals surface area contributed by atoms with E-state index in [2.05, 4.69) is 23.3 Å². The minimum absolute atomic E-state index is 0.213. The summed E-state index contributed by atoms with van der Waals surface area (Å²) in [6.07, 6.45) is 0. The van der Waals surface area contributed by atoms with Gasteiger partial charge >= 0.3 is 0 Å². The Bertz CT molecular complexity index is 367. The zero-order valence-electron chi connectivity index (χ0n) is 11.1. The number of aryl methyl sites for hydroxylation is 2. The lowest BCUT2D eigenvalue weighted by molar-refractivity contribution is 0.122. The molecule has 3 heteroatoms. The normalized spacial score (nSPS) is 11.6. The Morgan fingerprint density at radius 2 is 1.94 bits per heavy atom. The van der Waals surface area contributed by atoms with Gasteiger partial charge in [0.25, 0.3) is 0 Å². The van der Waals surface area contributed by atoms with Gasteiger partial charge in [-0.25, -0.2) is 4.98 Å². The lowest BCUT2D eigenvalue weighted by atomic mass is 10.1. The summed E-state index contributed by atoms with van der Waals surface area (Å²) in [5.41, 5.74) is 3.15. The number of hydrogen-bond acceptors (Lipinski definition) is 3.